The van der Waals surface area contributed by atoms with Crippen LogP contribution < -0.4 is 43.9 Å². The Morgan fingerprint density at radius 3 is 1.62 bits per heavy atom. The quantitative estimate of drug-likeness (QED) is 0.228. The molecular formula is C33H30Cl2N3OP. The third-order valence-electron chi connectivity index (χ3n) is 6.92. The molecule has 7 heteroatoms. The predicted octanol–water partition coefficient (Wildman–Crippen LogP) is 2.74. The van der Waals surface area contributed by atoms with E-state index in [1.165, 1.54) is 0 Å². The normalized spacial score (nSPS) is 12.4. The smallest absolute Gasteiger partial charge is 1.00 e. The number of nitrogens with one attached hydrogen (secondary N) is 1. The predicted molar refractivity (Wildman–Crippen MR) is 165 cm³/mol. The number of pyridine rings is 1. The number of anilines is 1. The molecule has 0 unspecified atom stereocenters. The number of halogens is 2. The topological polar surface area (TPSA) is 59.0 Å². The van der Waals surface area contributed by atoms with Crippen molar-refractivity contribution in [2.24, 2.45) is 0 Å². The number of aromatic nitrogens is 1. The van der Waals surface area contributed by atoms with Crippen LogP contribution in [0.3, 0.4) is 0 Å². The van der Waals surface area contributed by atoms with Gasteiger partial charge in [0.25, 0.3) is 0 Å². The summed E-state index contributed by atoms with van der Waals surface area (Å²) in [5.41, 5.74) is 8.57. The van der Waals surface area contributed by atoms with Crippen molar-refractivity contribution in [2.75, 3.05) is 5.73 Å². The third kappa shape index (κ3) is 5.14. The van der Waals surface area contributed by atoms with Gasteiger partial charge in [-0.3, -0.25) is 0 Å². The Hall–Kier alpha value is -3.95. The first-order valence-corrected chi connectivity index (χ1v) is 15.8. The van der Waals surface area contributed by atoms with Crippen LogP contribution in [0.15, 0.2) is 145 Å². The van der Waals surface area contributed by atoms with Crippen LogP contribution in [0.2, 0.25) is 0 Å². The summed E-state index contributed by atoms with van der Waals surface area (Å²) >= 11 is 8.39. The number of carbonyl (C=O) groups is 1. The fourth-order valence-electron chi connectivity index (χ4n) is 4.85. The van der Waals surface area contributed by atoms with Crippen LogP contribution in [-0.2, 0) is 0 Å². The zero-order valence-corrected chi connectivity index (χ0v) is 24.4. The summed E-state index contributed by atoms with van der Waals surface area (Å²) in [5.74, 6) is -3.82. The number of amides is 1. The molecule has 3 N–H and O–H groups in total. The summed E-state index contributed by atoms with van der Waals surface area (Å²) in [6.07, 6.45) is 3.71. The van der Waals surface area contributed by atoms with E-state index in [9.17, 15) is 4.79 Å². The molecule has 1 aromatic heterocycles. The molecule has 0 aliphatic rings. The van der Waals surface area contributed by atoms with Crippen molar-refractivity contribution in [1.29, 1.82) is 0 Å². The first-order chi connectivity index (χ1) is 18.9. The average molecular weight is 587 g/mol. The van der Waals surface area contributed by atoms with E-state index in [-0.39, 0.29) is 18.3 Å². The maximum absolute atomic E-state index is 13.9. The zero-order chi connectivity index (χ0) is 27.3. The van der Waals surface area contributed by atoms with Crippen molar-refractivity contribution >= 4 is 51.0 Å². The third-order valence-corrected chi connectivity index (χ3v) is 14.2. The minimum Gasteiger partial charge on any atom is -1.00 e. The van der Waals surface area contributed by atoms with Gasteiger partial charge in [0.05, 0.1) is 0 Å². The number of carbonyl (C=O) groups excluding carboxylic acids is 1. The van der Waals surface area contributed by atoms with Crippen molar-refractivity contribution in [3.63, 3.8) is 0 Å². The van der Waals surface area contributed by atoms with Crippen LogP contribution in [-0.4, -0.2) is 5.91 Å². The number of benzene rings is 4. The van der Waals surface area contributed by atoms with Crippen molar-refractivity contribution in [2.45, 2.75) is 6.92 Å². The van der Waals surface area contributed by atoms with E-state index >= 15 is 0 Å². The summed E-state index contributed by atoms with van der Waals surface area (Å²) < 4.78 is 1.79. The average Bonchev–Trinajstić information content (AvgIpc) is 2.99. The van der Waals surface area contributed by atoms with E-state index in [4.69, 9.17) is 17.0 Å². The van der Waals surface area contributed by atoms with Crippen molar-refractivity contribution < 1.29 is 21.8 Å². The standard InChI is InChI=1S/C33H29ClN3OP.ClH/c1-26-20-22-27(23-21-26)33(38)36-32(25-37-24-12-11-19-31(37)35)39(34,28-13-5-2-6-14-28,29-15-7-3-8-16-29)30-17-9-4-10-18-30;/h2-25,35H,1H3,(H,36,38);1H/b32-25+;. The van der Waals surface area contributed by atoms with Gasteiger partial charge < -0.3 is 12.4 Å². The molecule has 0 aliphatic heterocycles. The first kappa shape index (κ1) is 29.0. The fraction of sp³-hybridized carbons (Fsp3) is 0.0303. The van der Waals surface area contributed by atoms with Crippen LogP contribution in [0, 0.1) is 6.92 Å². The Bertz CT molecular complexity index is 1530. The largest absolute Gasteiger partial charge is 1.00 e. The summed E-state index contributed by atoms with van der Waals surface area (Å²) in [5, 5.41) is 5.97. The summed E-state index contributed by atoms with van der Waals surface area (Å²) in [7, 11) is 0. The molecular weight excluding hydrogens is 556 g/mol. The van der Waals surface area contributed by atoms with Crippen molar-refractivity contribution in [3.8, 4) is 0 Å². The van der Waals surface area contributed by atoms with E-state index in [2.05, 4.69) is 5.32 Å². The van der Waals surface area contributed by atoms with Gasteiger partial charge in [0.2, 0.25) is 0 Å². The van der Waals surface area contributed by atoms with Crippen LogP contribution in [0.4, 0.5) is 5.82 Å². The van der Waals surface area contributed by atoms with E-state index in [1.54, 1.807) is 4.57 Å². The molecule has 4 aromatic carbocycles. The summed E-state index contributed by atoms with van der Waals surface area (Å²) in [4.78, 5) is 13.9. The van der Waals surface area contributed by atoms with Gasteiger partial charge in [-0.15, -0.1) is 0 Å². The Kier molecular flexibility index (Phi) is 8.76. The van der Waals surface area contributed by atoms with Gasteiger partial charge >= 0.3 is 235 Å². The van der Waals surface area contributed by atoms with E-state index < -0.39 is 5.96 Å². The fourth-order valence-corrected chi connectivity index (χ4v) is 10.7. The minimum atomic E-state index is -4.07. The van der Waals surface area contributed by atoms with E-state index in [0.717, 1.165) is 21.5 Å². The van der Waals surface area contributed by atoms with Crippen molar-refractivity contribution in [1.82, 2.24) is 5.32 Å². The first-order valence-electron chi connectivity index (χ1n) is 12.7. The maximum atomic E-state index is 13.9. The van der Waals surface area contributed by atoms with Gasteiger partial charge in [-0.25, -0.2) is 0 Å². The summed E-state index contributed by atoms with van der Waals surface area (Å²) in [6, 6.07) is 43.1. The molecule has 1 heterocycles. The van der Waals surface area contributed by atoms with Gasteiger partial charge in [0.15, 0.2) is 0 Å². The van der Waals surface area contributed by atoms with Crippen molar-refractivity contribution in [3.05, 3.63) is 156 Å². The number of aryl methyl sites for hydroxylation is 1. The van der Waals surface area contributed by atoms with E-state index in [1.807, 2.05) is 153 Å². The molecule has 0 bridgehead atoms. The maximum Gasteiger partial charge on any atom is -1.00 e. The molecule has 0 radical (unpaired) electrons. The number of hydrogen-bond donors (Lipinski definition) is 2. The molecule has 1 amide bonds. The van der Waals surface area contributed by atoms with Gasteiger partial charge in [-0.1, -0.05) is 0 Å². The van der Waals surface area contributed by atoms with Gasteiger partial charge in [-0.2, -0.15) is 0 Å². The number of hydrogen-bond acceptors (Lipinski definition) is 2. The van der Waals surface area contributed by atoms with Crippen LogP contribution >= 0.6 is 17.2 Å². The minimum absolute atomic E-state index is 0. The Labute approximate surface area is 246 Å². The molecule has 0 atom stereocenters. The zero-order valence-electron chi connectivity index (χ0n) is 22.0. The number of nitrogen functional groups attached to an aromatic ring is 1. The van der Waals surface area contributed by atoms with Crippen LogP contribution in [0.5, 0.6) is 0 Å². The molecule has 0 aliphatic carbocycles. The van der Waals surface area contributed by atoms with Crippen LogP contribution in [0.25, 0.3) is 6.20 Å². The molecule has 0 saturated heterocycles. The Morgan fingerprint density at radius 2 is 1.18 bits per heavy atom. The molecule has 202 valence electrons. The van der Waals surface area contributed by atoms with Crippen LogP contribution in [0.1, 0.15) is 15.9 Å². The van der Waals surface area contributed by atoms with Gasteiger partial charge in [-0.05, 0) is 0 Å². The van der Waals surface area contributed by atoms with Gasteiger partial charge in [0, 0.05) is 0 Å². The second-order valence-electron chi connectivity index (χ2n) is 9.38. The monoisotopic (exact) mass is 585 g/mol. The molecule has 0 saturated carbocycles. The van der Waals surface area contributed by atoms with Gasteiger partial charge in [0.1, 0.15) is 0 Å². The molecule has 0 spiro atoms. The number of nitrogens with zero attached hydrogens (tertiary/aromatic N) is 1. The van der Waals surface area contributed by atoms with E-state index in [0.29, 0.717) is 16.8 Å². The second-order valence-corrected chi connectivity index (χ2v) is 15.5. The Morgan fingerprint density at radius 1 is 0.725 bits per heavy atom. The summed E-state index contributed by atoms with van der Waals surface area (Å²) in [6.45, 7) is 1.99. The number of nitrogens with two attached hydrogens (primary N) is 1. The second kappa shape index (κ2) is 12.1. The molecule has 4 nitrogen and oxygen atoms in total. The SMILES string of the molecule is Cc1ccc(C(=O)N/C(=C\[n+]2ccccc2N)P(Cl)(c2ccccc2)(c2ccccc2)c2ccccc2)cc1.[Cl-]. The number of rotatable bonds is 7. The molecule has 5 rings (SSSR count). The molecule has 0 fully saturated rings. The Balaban J connectivity index is 0.00000370. The molecule has 5 aromatic rings. The molecule has 40 heavy (non-hydrogen) atoms.